The van der Waals surface area contributed by atoms with Crippen molar-refractivity contribution in [1.82, 2.24) is 10.2 Å². The minimum atomic E-state index is -0.211. The van der Waals surface area contributed by atoms with E-state index in [2.05, 4.69) is 56.4 Å². The number of fused-ring (bicyclic) bond motifs is 1. The van der Waals surface area contributed by atoms with Gasteiger partial charge in [0.25, 0.3) is 0 Å². The van der Waals surface area contributed by atoms with E-state index in [1.807, 2.05) is 30.0 Å². The predicted octanol–water partition coefficient (Wildman–Crippen LogP) is 3.93. The SMILES string of the molecule is C[C@@H](NCCOc1ccc(C(C)(C)C)cc1)C(=O)N1CCc2ccccc2C1. The van der Waals surface area contributed by atoms with Gasteiger partial charge in [-0.2, -0.15) is 0 Å². The van der Waals surface area contributed by atoms with Crippen LogP contribution in [0.1, 0.15) is 44.4 Å². The van der Waals surface area contributed by atoms with Crippen molar-refractivity contribution in [3.05, 3.63) is 65.2 Å². The number of carbonyl (C=O) groups is 1. The number of carbonyl (C=O) groups excluding carboxylic acids is 1. The summed E-state index contributed by atoms with van der Waals surface area (Å²) >= 11 is 0. The number of amides is 1. The highest BCUT2D eigenvalue weighted by Crippen LogP contribution is 2.24. The molecule has 0 fully saturated rings. The molecule has 0 spiro atoms. The number of hydrogen-bond donors (Lipinski definition) is 1. The number of rotatable bonds is 6. The second-order valence-corrected chi connectivity index (χ2v) is 8.58. The lowest BCUT2D eigenvalue weighted by Gasteiger charge is -2.31. The van der Waals surface area contributed by atoms with Crippen LogP contribution in [-0.2, 0) is 23.2 Å². The lowest BCUT2D eigenvalue weighted by Crippen LogP contribution is -2.47. The first-order chi connectivity index (χ1) is 13.3. The van der Waals surface area contributed by atoms with Gasteiger partial charge in [0.05, 0.1) is 6.04 Å². The zero-order valence-corrected chi connectivity index (χ0v) is 17.5. The van der Waals surface area contributed by atoms with Crippen LogP contribution >= 0.6 is 0 Å². The average molecular weight is 381 g/mol. The maximum Gasteiger partial charge on any atom is 0.239 e. The second kappa shape index (κ2) is 8.78. The first-order valence-electron chi connectivity index (χ1n) is 10.2. The Morgan fingerprint density at radius 3 is 2.46 bits per heavy atom. The van der Waals surface area contributed by atoms with Crippen molar-refractivity contribution in [3.8, 4) is 5.75 Å². The first-order valence-corrected chi connectivity index (χ1v) is 10.2. The number of benzene rings is 2. The highest BCUT2D eigenvalue weighted by molar-refractivity contribution is 5.81. The molecule has 4 heteroatoms. The third-order valence-electron chi connectivity index (χ3n) is 5.35. The molecule has 2 aromatic carbocycles. The van der Waals surface area contributed by atoms with Crippen molar-refractivity contribution in [2.45, 2.75) is 52.1 Å². The Bertz CT molecular complexity index is 793. The summed E-state index contributed by atoms with van der Waals surface area (Å²) in [5.74, 6) is 1.02. The van der Waals surface area contributed by atoms with Crippen LogP contribution < -0.4 is 10.1 Å². The molecule has 1 heterocycles. The molecule has 4 nitrogen and oxygen atoms in total. The Hall–Kier alpha value is -2.33. The van der Waals surface area contributed by atoms with Gasteiger partial charge in [0.2, 0.25) is 5.91 Å². The van der Waals surface area contributed by atoms with Crippen LogP contribution in [0.15, 0.2) is 48.5 Å². The van der Waals surface area contributed by atoms with Crippen LogP contribution in [0.4, 0.5) is 0 Å². The highest BCUT2D eigenvalue weighted by Gasteiger charge is 2.24. The van der Waals surface area contributed by atoms with Gasteiger partial charge in [-0.25, -0.2) is 0 Å². The van der Waals surface area contributed by atoms with E-state index in [9.17, 15) is 4.79 Å². The summed E-state index contributed by atoms with van der Waals surface area (Å²) in [5.41, 5.74) is 4.06. The third kappa shape index (κ3) is 5.14. The normalized spacial score (nSPS) is 15.1. The summed E-state index contributed by atoms with van der Waals surface area (Å²) in [6.45, 7) is 11.2. The summed E-state index contributed by atoms with van der Waals surface area (Å²) in [6.07, 6.45) is 0.933. The van der Waals surface area contributed by atoms with Crippen LogP contribution in [0.25, 0.3) is 0 Å². The van der Waals surface area contributed by atoms with Gasteiger partial charge in [-0.05, 0) is 47.6 Å². The summed E-state index contributed by atoms with van der Waals surface area (Å²) in [6, 6.07) is 16.4. The van der Waals surface area contributed by atoms with Crippen LogP contribution in [0.5, 0.6) is 5.75 Å². The van der Waals surface area contributed by atoms with E-state index in [4.69, 9.17) is 4.74 Å². The predicted molar refractivity (Wildman–Crippen MR) is 114 cm³/mol. The van der Waals surface area contributed by atoms with Gasteiger partial charge >= 0.3 is 0 Å². The topological polar surface area (TPSA) is 41.6 Å². The van der Waals surface area contributed by atoms with E-state index in [1.165, 1.54) is 16.7 Å². The lowest BCUT2D eigenvalue weighted by atomic mass is 9.87. The molecule has 0 radical (unpaired) electrons. The Kier molecular flexibility index (Phi) is 6.40. The van der Waals surface area contributed by atoms with Crippen LogP contribution in [0.3, 0.4) is 0 Å². The monoisotopic (exact) mass is 380 g/mol. The molecule has 3 rings (SSSR count). The second-order valence-electron chi connectivity index (χ2n) is 8.58. The number of ether oxygens (including phenoxy) is 1. The Morgan fingerprint density at radius 2 is 1.79 bits per heavy atom. The van der Waals surface area contributed by atoms with Crippen molar-refractivity contribution < 1.29 is 9.53 Å². The fourth-order valence-electron chi connectivity index (χ4n) is 3.54. The molecule has 1 aliphatic heterocycles. The molecule has 0 aliphatic carbocycles. The lowest BCUT2D eigenvalue weighted by molar-refractivity contribution is -0.134. The van der Waals surface area contributed by atoms with E-state index in [0.29, 0.717) is 19.7 Å². The van der Waals surface area contributed by atoms with E-state index in [-0.39, 0.29) is 17.4 Å². The Balaban J connectivity index is 1.42. The van der Waals surface area contributed by atoms with Crippen molar-refractivity contribution in [1.29, 1.82) is 0 Å². The maximum absolute atomic E-state index is 12.7. The van der Waals surface area contributed by atoms with Gasteiger partial charge in [-0.3, -0.25) is 4.79 Å². The first kappa shape index (κ1) is 20.4. The summed E-state index contributed by atoms with van der Waals surface area (Å²) in [5, 5.41) is 3.29. The van der Waals surface area contributed by atoms with E-state index in [0.717, 1.165) is 18.7 Å². The quantitative estimate of drug-likeness (QED) is 0.772. The van der Waals surface area contributed by atoms with Gasteiger partial charge in [-0.15, -0.1) is 0 Å². The zero-order valence-electron chi connectivity index (χ0n) is 17.5. The molecule has 1 amide bonds. The molecular formula is C24H32N2O2. The largest absolute Gasteiger partial charge is 0.492 e. The van der Waals surface area contributed by atoms with E-state index < -0.39 is 0 Å². The van der Waals surface area contributed by atoms with Gasteiger partial charge in [0.15, 0.2) is 0 Å². The number of nitrogens with one attached hydrogen (secondary N) is 1. The number of hydrogen-bond acceptors (Lipinski definition) is 3. The van der Waals surface area contributed by atoms with Crippen molar-refractivity contribution in [2.75, 3.05) is 19.7 Å². The molecule has 1 N–H and O–H groups in total. The van der Waals surface area contributed by atoms with Gasteiger partial charge in [0.1, 0.15) is 12.4 Å². The molecule has 1 atom stereocenters. The molecule has 0 unspecified atom stereocenters. The fraction of sp³-hybridized carbons (Fsp3) is 0.458. The average Bonchev–Trinajstić information content (AvgIpc) is 2.69. The fourth-order valence-corrected chi connectivity index (χ4v) is 3.54. The minimum Gasteiger partial charge on any atom is -0.492 e. The molecule has 28 heavy (non-hydrogen) atoms. The van der Waals surface area contributed by atoms with Gasteiger partial charge in [-0.1, -0.05) is 57.2 Å². The molecule has 0 saturated carbocycles. The Labute approximate surface area is 168 Å². The van der Waals surface area contributed by atoms with Crippen molar-refractivity contribution in [3.63, 3.8) is 0 Å². The van der Waals surface area contributed by atoms with Crippen molar-refractivity contribution in [2.24, 2.45) is 0 Å². The molecule has 0 saturated heterocycles. The highest BCUT2D eigenvalue weighted by atomic mass is 16.5. The third-order valence-corrected chi connectivity index (χ3v) is 5.35. The summed E-state index contributed by atoms with van der Waals surface area (Å²) < 4.78 is 5.81. The minimum absolute atomic E-state index is 0.144. The summed E-state index contributed by atoms with van der Waals surface area (Å²) in [4.78, 5) is 14.7. The number of nitrogens with zero attached hydrogens (tertiary/aromatic N) is 1. The van der Waals surface area contributed by atoms with Crippen LogP contribution in [0, 0.1) is 0 Å². The molecule has 1 aliphatic rings. The van der Waals surface area contributed by atoms with E-state index >= 15 is 0 Å². The molecule has 150 valence electrons. The Morgan fingerprint density at radius 1 is 1.11 bits per heavy atom. The maximum atomic E-state index is 12.7. The molecule has 0 bridgehead atoms. The summed E-state index contributed by atoms with van der Waals surface area (Å²) in [7, 11) is 0. The molecule has 2 aromatic rings. The van der Waals surface area contributed by atoms with Gasteiger partial charge < -0.3 is 15.0 Å². The molecule has 0 aromatic heterocycles. The van der Waals surface area contributed by atoms with E-state index in [1.54, 1.807) is 0 Å². The van der Waals surface area contributed by atoms with Crippen molar-refractivity contribution >= 4 is 5.91 Å². The zero-order chi connectivity index (χ0) is 20.1. The molecular weight excluding hydrogens is 348 g/mol. The standard InChI is InChI=1S/C24H32N2O2/c1-18(23(27)26-15-13-19-7-5-6-8-20(19)17-26)25-14-16-28-22-11-9-21(10-12-22)24(2,3)4/h5-12,18,25H,13-17H2,1-4H3/t18-/m1/s1. The van der Waals surface area contributed by atoms with Crippen LogP contribution in [0.2, 0.25) is 0 Å². The van der Waals surface area contributed by atoms with Gasteiger partial charge in [0, 0.05) is 19.6 Å². The smallest absolute Gasteiger partial charge is 0.239 e. The van der Waals surface area contributed by atoms with Crippen LogP contribution in [-0.4, -0.2) is 36.5 Å².